The Kier molecular flexibility index (Phi) is 6.56. The maximum atomic E-state index is 12.8. The van der Waals surface area contributed by atoms with Crippen molar-refractivity contribution in [1.29, 1.82) is 0 Å². The quantitative estimate of drug-likeness (QED) is 0.859. The third kappa shape index (κ3) is 5.59. The summed E-state index contributed by atoms with van der Waals surface area (Å²) in [6, 6.07) is 6.90. The van der Waals surface area contributed by atoms with Gasteiger partial charge >= 0.3 is 0 Å². The van der Waals surface area contributed by atoms with Gasteiger partial charge in [-0.25, -0.2) is 0 Å². The molecule has 1 aliphatic heterocycles. The van der Waals surface area contributed by atoms with Gasteiger partial charge in [0, 0.05) is 37.8 Å². The zero-order valence-electron chi connectivity index (χ0n) is 15.2. The predicted octanol–water partition coefficient (Wildman–Crippen LogP) is 2.27. The van der Waals surface area contributed by atoms with Gasteiger partial charge in [-0.1, -0.05) is 19.9 Å². The minimum atomic E-state index is -0.176. The fourth-order valence-corrected chi connectivity index (χ4v) is 2.94. The van der Waals surface area contributed by atoms with E-state index in [1.807, 2.05) is 0 Å². The second-order valence-electron chi connectivity index (χ2n) is 6.99. The lowest BCUT2D eigenvalue weighted by Crippen LogP contribution is -2.46. The molecule has 1 aromatic rings. The van der Waals surface area contributed by atoms with Crippen molar-refractivity contribution in [1.82, 2.24) is 10.2 Å². The van der Waals surface area contributed by atoms with E-state index in [1.165, 1.54) is 6.92 Å². The molecule has 1 atom stereocenters. The van der Waals surface area contributed by atoms with Crippen molar-refractivity contribution in [3.05, 3.63) is 29.8 Å². The first-order chi connectivity index (χ1) is 11.9. The van der Waals surface area contributed by atoms with Crippen LogP contribution >= 0.6 is 0 Å². The molecular weight excluding hydrogens is 318 g/mol. The fraction of sp³-hybridized carbons (Fsp3) is 0.526. The van der Waals surface area contributed by atoms with Crippen molar-refractivity contribution in [2.75, 3.05) is 25.0 Å². The van der Waals surface area contributed by atoms with Gasteiger partial charge in [-0.15, -0.1) is 0 Å². The van der Waals surface area contributed by atoms with E-state index in [1.54, 1.807) is 29.2 Å². The smallest absolute Gasteiger partial charge is 0.253 e. The van der Waals surface area contributed by atoms with Crippen LogP contribution in [0.25, 0.3) is 0 Å². The Labute approximate surface area is 149 Å². The molecule has 2 N–H and O–H groups in total. The first-order valence-electron chi connectivity index (χ1n) is 8.81. The van der Waals surface area contributed by atoms with Gasteiger partial charge in [0.2, 0.25) is 11.8 Å². The molecule has 0 unspecified atom stereocenters. The molecule has 1 heterocycles. The summed E-state index contributed by atoms with van der Waals surface area (Å²) in [5.41, 5.74) is 1.12. The highest BCUT2D eigenvalue weighted by atomic mass is 16.2. The third-order valence-electron chi connectivity index (χ3n) is 4.19. The molecule has 6 heteroatoms. The molecule has 25 heavy (non-hydrogen) atoms. The second kappa shape index (κ2) is 8.65. The summed E-state index contributed by atoms with van der Waals surface area (Å²) in [5.74, 6) is -0.00649. The molecule has 0 spiro atoms. The number of benzene rings is 1. The summed E-state index contributed by atoms with van der Waals surface area (Å²) in [4.78, 5) is 37.9. The Balaban J connectivity index is 2.01. The Morgan fingerprint density at radius 2 is 2.04 bits per heavy atom. The summed E-state index contributed by atoms with van der Waals surface area (Å²) >= 11 is 0. The number of nitrogens with zero attached hydrogens (tertiary/aromatic N) is 1. The topological polar surface area (TPSA) is 78.5 Å². The van der Waals surface area contributed by atoms with Crippen LogP contribution < -0.4 is 10.6 Å². The number of amides is 3. The Hall–Kier alpha value is -2.37. The van der Waals surface area contributed by atoms with E-state index < -0.39 is 0 Å². The number of hydrogen-bond donors (Lipinski definition) is 2. The molecule has 1 fully saturated rings. The summed E-state index contributed by atoms with van der Waals surface area (Å²) in [5, 5.41) is 5.64. The van der Waals surface area contributed by atoms with Crippen molar-refractivity contribution in [3.63, 3.8) is 0 Å². The van der Waals surface area contributed by atoms with E-state index >= 15 is 0 Å². The number of hydrogen-bond acceptors (Lipinski definition) is 3. The summed E-state index contributed by atoms with van der Waals surface area (Å²) < 4.78 is 0. The third-order valence-corrected chi connectivity index (χ3v) is 4.19. The van der Waals surface area contributed by atoms with Crippen LogP contribution in [0.4, 0.5) is 5.69 Å². The van der Waals surface area contributed by atoms with E-state index in [0.29, 0.717) is 36.8 Å². The minimum Gasteiger partial charge on any atom is -0.356 e. The van der Waals surface area contributed by atoms with E-state index in [2.05, 4.69) is 24.5 Å². The first-order valence-corrected chi connectivity index (χ1v) is 8.81. The number of likely N-dealkylation sites (tertiary alicyclic amines) is 1. The van der Waals surface area contributed by atoms with Crippen LogP contribution in [0, 0.1) is 11.8 Å². The minimum absolute atomic E-state index is 0.0261. The molecule has 1 aliphatic rings. The van der Waals surface area contributed by atoms with Crippen molar-refractivity contribution >= 4 is 23.4 Å². The predicted molar refractivity (Wildman–Crippen MR) is 97.2 cm³/mol. The highest BCUT2D eigenvalue weighted by Crippen LogP contribution is 2.20. The maximum absolute atomic E-state index is 12.8. The van der Waals surface area contributed by atoms with Gasteiger partial charge in [0.05, 0.1) is 5.92 Å². The van der Waals surface area contributed by atoms with Crippen molar-refractivity contribution in [3.8, 4) is 0 Å². The van der Waals surface area contributed by atoms with E-state index in [9.17, 15) is 14.4 Å². The first kappa shape index (κ1) is 19.0. The number of piperidine rings is 1. The summed E-state index contributed by atoms with van der Waals surface area (Å²) in [6.07, 6.45) is 1.62. The maximum Gasteiger partial charge on any atom is 0.253 e. The lowest BCUT2D eigenvalue weighted by molar-refractivity contribution is -0.126. The molecule has 2 rings (SSSR count). The van der Waals surface area contributed by atoms with Crippen molar-refractivity contribution in [2.45, 2.75) is 33.6 Å². The zero-order chi connectivity index (χ0) is 18.4. The van der Waals surface area contributed by atoms with Gasteiger partial charge in [0.1, 0.15) is 0 Å². The van der Waals surface area contributed by atoms with Gasteiger partial charge in [-0.05, 0) is 37.0 Å². The molecule has 136 valence electrons. The number of carbonyl (C=O) groups is 3. The molecule has 0 aromatic heterocycles. The Morgan fingerprint density at radius 1 is 1.28 bits per heavy atom. The van der Waals surface area contributed by atoms with Crippen molar-refractivity contribution < 1.29 is 14.4 Å². The molecule has 0 aliphatic carbocycles. The molecule has 0 saturated carbocycles. The van der Waals surface area contributed by atoms with Crippen LogP contribution in [0.15, 0.2) is 24.3 Å². The monoisotopic (exact) mass is 345 g/mol. The number of anilines is 1. The average Bonchev–Trinajstić information content (AvgIpc) is 2.58. The normalized spacial score (nSPS) is 17.3. The molecular formula is C19H27N3O3. The Morgan fingerprint density at radius 3 is 2.72 bits per heavy atom. The largest absolute Gasteiger partial charge is 0.356 e. The van der Waals surface area contributed by atoms with Crippen LogP contribution in [-0.4, -0.2) is 42.3 Å². The van der Waals surface area contributed by atoms with Gasteiger partial charge in [0.15, 0.2) is 0 Å². The number of carbonyl (C=O) groups excluding carboxylic acids is 3. The van der Waals surface area contributed by atoms with E-state index in [-0.39, 0.29) is 23.6 Å². The van der Waals surface area contributed by atoms with Crippen LogP contribution in [0.5, 0.6) is 0 Å². The Bertz CT molecular complexity index is 643. The molecule has 0 radical (unpaired) electrons. The lowest BCUT2D eigenvalue weighted by atomic mass is 9.96. The SMILES string of the molecule is CC(=O)Nc1cccc(C(=O)N2CCC[C@H](C(=O)NCC(C)C)C2)c1. The average molecular weight is 345 g/mol. The number of nitrogens with one attached hydrogen (secondary N) is 2. The van der Waals surface area contributed by atoms with E-state index in [4.69, 9.17) is 0 Å². The highest BCUT2D eigenvalue weighted by Gasteiger charge is 2.28. The molecule has 6 nitrogen and oxygen atoms in total. The van der Waals surface area contributed by atoms with Crippen LogP contribution in [-0.2, 0) is 9.59 Å². The van der Waals surface area contributed by atoms with Gasteiger partial charge < -0.3 is 15.5 Å². The van der Waals surface area contributed by atoms with Crippen LogP contribution in [0.1, 0.15) is 44.0 Å². The van der Waals surface area contributed by atoms with Gasteiger partial charge in [-0.2, -0.15) is 0 Å². The molecule has 3 amide bonds. The number of rotatable bonds is 5. The second-order valence-corrected chi connectivity index (χ2v) is 6.99. The van der Waals surface area contributed by atoms with Crippen LogP contribution in [0.2, 0.25) is 0 Å². The fourth-order valence-electron chi connectivity index (χ4n) is 2.94. The summed E-state index contributed by atoms with van der Waals surface area (Å²) in [6.45, 7) is 7.28. The van der Waals surface area contributed by atoms with Gasteiger partial charge in [-0.3, -0.25) is 14.4 Å². The standard InChI is InChI=1S/C19H27N3O3/c1-13(2)11-20-18(24)16-7-5-9-22(12-16)19(25)15-6-4-8-17(10-15)21-14(3)23/h4,6,8,10,13,16H,5,7,9,11-12H2,1-3H3,(H,20,24)(H,21,23)/t16-/m0/s1. The zero-order valence-corrected chi connectivity index (χ0v) is 15.2. The molecule has 1 aromatic carbocycles. The van der Waals surface area contributed by atoms with Crippen molar-refractivity contribution in [2.24, 2.45) is 11.8 Å². The summed E-state index contributed by atoms with van der Waals surface area (Å²) in [7, 11) is 0. The molecule has 1 saturated heterocycles. The highest BCUT2D eigenvalue weighted by molar-refractivity contribution is 5.97. The van der Waals surface area contributed by atoms with Crippen LogP contribution in [0.3, 0.4) is 0 Å². The van der Waals surface area contributed by atoms with E-state index in [0.717, 1.165) is 12.8 Å². The van der Waals surface area contributed by atoms with Gasteiger partial charge in [0.25, 0.3) is 5.91 Å². The lowest BCUT2D eigenvalue weighted by Gasteiger charge is -2.32. The molecule has 0 bridgehead atoms.